The molecule has 0 N–H and O–H groups in total. The van der Waals surface area contributed by atoms with Crippen LogP contribution >= 0.6 is 0 Å². The number of aromatic nitrogens is 4. The number of hydrogen-bond donors (Lipinski definition) is 0. The number of fused-ring (bicyclic) bond motifs is 1. The van der Waals surface area contributed by atoms with Gasteiger partial charge in [-0.1, -0.05) is 36.3 Å². The van der Waals surface area contributed by atoms with E-state index >= 15 is 0 Å². The molecular weight excluding hydrogens is 396 g/mol. The molecule has 4 rings (SSSR count). The number of para-hydroxylation sites is 2. The Morgan fingerprint density at radius 3 is 2.58 bits per heavy atom. The number of hydrogen-bond acceptors (Lipinski definition) is 6. The van der Waals surface area contributed by atoms with Crippen LogP contribution in [-0.4, -0.2) is 25.9 Å². The van der Waals surface area contributed by atoms with Crippen molar-refractivity contribution in [3.05, 3.63) is 75.3 Å². The Labute approximate surface area is 178 Å². The lowest BCUT2D eigenvalue weighted by Crippen LogP contribution is -2.41. The number of rotatable bonds is 7. The van der Waals surface area contributed by atoms with E-state index in [1.807, 2.05) is 45.0 Å². The highest BCUT2D eigenvalue weighted by Gasteiger charge is 2.19. The van der Waals surface area contributed by atoms with E-state index < -0.39 is 5.69 Å². The van der Waals surface area contributed by atoms with E-state index in [4.69, 9.17) is 9.26 Å². The minimum atomic E-state index is -0.396. The molecule has 0 amide bonds. The van der Waals surface area contributed by atoms with Gasteiger partial charge >= 0.3 is 5.69 Å². The number of ether oxygens (including phenoxy) is 1. The van der Waals surface area contributed by atoms with Gasteiger partial charge < -0.3 is 9.26 Å². The Morgan fingerprint density at radius 1 is 1.06 bits per heavy atom. The standard InChI is InChI=1S/C23H24N4O4/c1-4-15(3)27-22(28)16-10-6-8-12-18(16)26(23(27)29)14-20-24-21(25-31-20)17-11-7-9-13-19(17)30-5-2/h6-13,15H,4-5,14H2,1-3H3/t15-/m0/s1. The van der Waals surface area contributed by atoms with E-state index in [1.165, 1.54) is 9.13 Å². The molecule has 0 radical (unpaired) electrons. The van der Waals surface area contributed by atoms with E-state index in [1.54, 1.807) is 24.3 Å². The fourth-order valence-corrected chi connectivity index (χ4v) is 3.56. The Kier molecular flexibility index (Phi) is 5.70. The van der Waals surface area contributed by atoms with Crippen LogP contribution in [0.5, 0.6) is 5.75 Å². The largest absolute Gasteiger partial charge is 0.493 e. The van der Waals surface area contributed by atoms with Gasteiger partial charge in [0.1, 0.15) is 12.3 Å². The second kappa shape index (κ2) is 8.59. The molecule has 0 saturated heterocycles. The zero-order valence-electron chi connectivity index (χ0n) is 17.7. The average molecular weight is 420 g/mol. The SMILES string of the molecule is CCOc1ccccc1-c1noc(Cn2c(=O)n([C@@H](C)CC)c(=O)c3ccccc32)n1. The molecule has 0 fully saturated rings. The van der Waals surface area contributed by atoms with Crippen molar-refractivity contribution in [3.63, 3.8) is 0 Å². The Morgan fingerprint density at radius 2 is 1.81 bits per heavy atom. The van der Waals surface area contributed by atoms with Gasteiger partial charge in [0.25, 0.3) is 5.56 Å². The third-order valence-corrected chi connectivity index (χ3v) is 5.30. The molecule has 2 heterocycles. The van der Waals surface area contributed by atoms with Crippen molar-refractivity contribution in [2.45, 2.75) is 39.8 Å². The minimum absolute atomic E-state index is 0.0554. The second-order valence-corrected chi connectivity index (χ2v) is 7.26. The lowest BCUT2D eigenvalue weighted by atomic mass is 10.2. The Balaban J connectivity index is 1.81. The third kappa shape index (κ3) is 3.76. The highest BCUT2D eigenvalue weighted by molar-refractivity contribution is 5.77. The maximum atomic E-state index is 13.2. The predicted molar refractivity (Wildman–Crippen MR) is 117 cm³/mol. The normalized spacial score (nSPS) is 12.2. The summed E-state index contributed by atoms with van der Waals surface area (Å²) in [6, 6.07) is 14.3. The fourth-order valence-electron chi connectivity index (χ4n) is 3.56. The van der Waals surface area contributed by atoms with Crippen LogP contribution in [0.1, 0.15) is 39.1 Å². The third-order valence-electron chi connectivity index (χ3n) is 5.30. The van der Waals surface area contributed by atoms with E-state index in [0.717, 1.165) is 0 Å². The van der Waals surface area contributed by atoms with Gasteiger partial charge in [-0.15, -0.1) is 0 Å². The zero-order chi connectivity index (χ0) is 22.0. The smallest absolute Gasteiger partial charge is 0.332 e. The highest BCUT2D eigenvalue weighted by atomic mass is 16.5. The second-order valence-electron chi connectivity index (χ2n) is 7.26. The topological polar surface area (TPSA) is 92.2 Å². The first kappa shape index (κ1) is 20.6. The summed E-state index contributed by atoms with van der Waals surface area (Å²) >= 11 is 0. The summed E-state index contributed by atoms with van der Waals surface area (Å²) in [5, 5.41) is 4.55. The van der Waals surface area contributed by atoms with Gasteiger partial charge in [-0.25, -0.2) is 4.79 Å². The molecule has 4 aromatic rings. The molecule has 8 heteroatoms. The van der Waals surface area contributed by atoms with Crippen molar-refractivity contribution in [3.8, 4) is 17.1 Å². The molecule has 0 unspecified atom stereocenters. The first-order valence-corrected chi connectivity index (χ1v) is 10.3. The lowest BCUT2D eigenvalue weighted by molar-refractivity contribution is 0.340. The van der Waals surface area contributed by atoms with Crippen molar-refractivity contribution in [1.82, 2.24) is 19.3 Å². The molecule has 0 aliphatic heterocycles. The van der Waals surface area contributed by atoms with Crippen LogP contribution in [0.25, 0.3) is 22.3 Å². The molecule has 0 aliphatic carbocycles. The van der Waals surface area contributed by atoms with Crippen LogP contribution < -0.4 is 16.0 Å². The summed E-state index contributed by atoms with van der Waals surface area (Å²) in [5.41, 5.74) is 0.559. The molecule has 8 nitrogen and oxygen atoms in total. The van der Waals surface area contributed by atoms with Gasteiger partial charge in [-0.05, 0) is 44.5 Å². The van der Waals surface area contributed by atoms with Crippen LogP contribution in [-0.2, 0) is 6.54 Å². The van der Waals surface area contributed by atoms with Gasteiger partial charge in [0.05, 0.1) is 23.1 Å². The maximum Gasteiger partial charge on any atom is 0.332 e. The minimum Gasteiger partial charge on any atom is -0.493 e. The molecule has 0 bridgehead atoms. The maximum absolute atomic E-state index is 13.2. The van der Waals surface area contributed by atoms with E-state index in [0.29, 0.717) is 41.1 Å². The van der Waals surface area contributed by atoms with Crippen LogP contribution in [0, 0.1) is 0 Å². The summed E-state index contributed by atoms with van der Waals surface area (Å²) in [4.78, 5) is 30.6. The van der Waals surface area contributed by atoms with Crippen LogP contribution in [0.4, 0.5) is 0 Å². The highest BCUT2D eigenvalue weighted by Crippen LogP contribution is 2.27. The van der Waals surface area contributed by atoms with Gasteiger partial charge in [0.15, 0.2) is 0 Å². The van der Waals surface area contributed by atoms with E-state index in [-0.39, 0.29) is 24.0 Å². The summed E-state index contributed by atoms with van der Waals surface area (Å²) in [6.45, 7) is 6.27. The molecule has 0 aliphatic rings. The summed E-state index contributed by atoms with van der Waals surface area (Å²) in [6.07, 6.45) is 0.659. The lowest BCUT2D eigenvalue weighted by Gasteiger charge is -2.16. The molecule has 0 saturated carbocycles. The van der Waals surface area contributed by atoms with Crippen molar-refractivity contribution in [1.29, 1.82) is 0 Å². The number of nitrogens with zero attached hydrogens (tertiary/aromatic N) is 4. The van der Waals surface area contributed by atoms with Crippen LogP contribution in [0.3, 0.4) is 0 Å². The molecule has 2 aromatic carbocycles. The predicted octanol–water partition coefficient (Wildman–Crippen LogP) is 3.63. The Bertz CT molecular complexity index is 1340. The van der Waals surface area contributed by atoms with E-state index in [2.05, 4.69) is 10.1 Å². The Hall–Kier alpha value is -3.68. The molecule has 2 aromatic heterocycles. The summed E-state index contributed by atoms with van der Waals surface area (Å²) < 4.78 is 13.9. The van der Waals surface area contributed by atoms with Crippen molar-refractivity contribution < 1.29 is 9.26 Å². The van der Waals surface area contributed by atoms with Gasteiger partial charge in [0.2, 0.25) is 11.7 Å². The fraction of sp³-hybridized carbons (Fsp3) is 0.304. The van der Waals surface area contributed by atoms with Gasteiger partial charge in [-0.3, -0.25) is 13.9 Å². The quantitative estimate of drug-likeness (QED) is 0.453. The zero-order valence-corrected chi connectivity index (χ0v) is 17.7. The van der Waals surface area contributed by atoms with Crippen LogP contribution in [0.2, 0.25) is 0 Å². The summed E-state index contributed by atoms with van der Waals surface area (Å²) in [7, 11) is 0. The van der Waals surface area contributed by atoms with Gasteiger partial charge in [0, 0.05) is 6.04 Å². The summed E-state index contributed by atoms with van der Waals surface area (Å²) in [5.74, 6) is 1.31. The molecule has 1 atom stereocenters. The van der Waals surface area contributed by atoms with E-state index in [9.17, 15) is 9.59 Å². The van der Waals surface area contributed by atoms with Gasteiger partial charge in [-0.2, -0.15) is 4.98 Å². The first-order chi connectivity index (χ1) is 15.0. The van der Waals surface area contributed by atoms with Crippen molar-refractivity contribution in [2.24, 2.45) is 0 Å². The van der Waals surface area contributed by atoms with Crippen molar-refractivity contribution in [2.75, 3.05) is 6.61 Å². The van der Waals surface area contributed by atoms with Crippen molar-refractivity contribution >= 4 is 10.9 Å². The monoisotopic (exact) mass is 420 g/mol. The molecular formula is C23H24N4O4. The number of benzene rings is 2. The molecule has 31 heavy (non-hydrogen) atoms. The first-order valence-electron chi connectivity index (χ1n) is 10.3. The molecule has 0 spiro atoms. The molecule has 160 valence electrons. The van der Waals surface area contributed by atoms with Crippen LogP contribution in [0.15, 0.2) is 62.6 Å². The average Bonchev–Trinajstić information content (AvgIpc) is 3.25.